The van der Waals surface area contributed by atoms with Crippen LogP contribution in [0.1, 0.15) is 31.7 Å². The fourth-order valence-corrected chi connectivity index (χ4v) is 2.83. The molecule has 0 fully saturated rings. The molecular formula is C11H17ClN4OS. The Morgan fingerprint density at radius 2 is 2.28 bits per heavy atom. The molecule has 18 heavy (non-hydrogen) atoms. The maximum Gasteiger partial charge on any atom is 0.191 e. The number of rotatable bonds is 6. The summed E-state index contributed by atoms with van der Waals surface area (Å²) in [5, 5.41) is 9.33. The molecule has 2 heterocycles. The lowest BCUT2D eigenvalue weighted by atomic mass is 10.2. The van der Waals surface area contributed by atoms with Crippen LogP contribution in [0.5, 0.6) is 0 Å². The molecular weight excluding hydrogens is 272 g/mol. The lowest BCUT2D eigenvalue weighted by Crippen LogP contribution is -2.15. The highest BCUT2D eigenvalue weighted by Gasteiger charge is 2.29. The van der Waals surface area contributed by atoms with Gasteiger partial charge in [0.05, 0.1) is 6.04 Å². The molecule has 0 saturated carbocycles. The van der Waals surface area contributed by atoms with E-state index in [-0.39, 0.29) is 12.1 Å². The van der Waals surface area contributed by atoms with Crippen molar-refractivity contribution in [2.24, 2.45) is 12.0 Å². The van der Waals surface area contributed by atoms with Crippen LogP contribution in [0.15, 0.2) is 10.1 Å². The van der Waals surface area contributed by atoms with E-state index >= 15 is 0 Å². The van der Waals surface area contributed by atoms with E-state index in [2.05, 4.69) is 15.2 Å². The van der Waals surface area contributed by atoms with Crippen molar-refractivity contribution in [3.05, 3.63) is 5.82 Å². The Balaban J connectivity index is 1.96. The number of halogens is 1. The van der Waals surface area contributed by atoms with Gasteiger partial charge in [-0.3, -0.25) is 4.99 Å². The Hall–Kier alpha value is -0.750. The van der Waals surface area contributed by atoms with Crippen LogP contribution in [0.2, 0.25) is 0 Å². The third-order valence-electron chi connectivity index (χ3n) is 2.82. The highest BCUT2D eigenvalue weighted by atomic mass is 35.5. The summed E-state index contributed by atoms with van der Waals surface area (Å²) in [6, 6.07) is 0.0991. The zero-order valence-electron chi connectivity index (χ0n) is 10.5. The third-order valence-corrected chi connectivity index (χ3v) is 4.20. The molecule has 2 atom stereocenters. The minimum Gasteiger partial charge on any atom is -0.470 e. The molecule has 0 bridgehead atoms. The van der Waals surface area contributed by atoms with Gasteiger partial charge in [-0.25, -0.2) is 0 Å². The second-order valence-corrected chi connectivity index (χ2v) is 5.64. The van der Waals surface area contributed by atoms with Crippen molar-refractivity contribution in [3.8, 4) is 0 Å². The van der Waals surface area contributed by atoms with Gasteiger partial charge in [0.15, 0.2) is 23.5 Å². The normalized spacial score (nSPS) is 22.4. The van der Waals surface area contributed by atoms with E-state index in [9.17, 15) is 0 Å². The Labute approximate surface area is 116 Å². The summed E-state index contributed by atoms with van der Waals surface area (Å²) in [7, 11) is 1.97. The van der Waals surface area contributed by atoms with E-state index in [4.69, 9.17) is 16.3 Å². The topological polar surface area (TPSA) is 52.3 Å². The maximum absolute atomic E-state index is 5.65. The molecule has 1 aliphatic heterocycles. The molecule has 0 saturated heterocycles. The minimum absolute atomic E-state index is 0.0991. The van der Waals surface area contributed by atoms with Gasteiger partial charge in [-0.05, 0) is 19.8 Å². The predicted octanol–water partition coefficient (Wildman–Crippen LogP) is 2.41. The molecule has 0 aromatic carbocycles. The molecule has 0 aliphatic carbocycles. The molecule has 0 N–H and O–H groups in total. The summed E-state index contributed by atoms with van der Waals surface area (Å²) in [5.41, 5.74) is 0. The number of alkyl halides is 1. The molecule has 2 unspecified atom stereocenters. The smallest absolute Gasteiger partial charge is 0.191 e. The van der Waals surface area contributed by atoms with Crippen LogP contribution in [0.4, 0.5) is 0 Å². The molecule has 1 aromatic heterocycles. The van der Waals surface area contributed by atoms with Crippen LogP contribution in [0.3, 0.4) is 0 Å². The largest absolute Gasteiger partial charge is 0.470 e. The summed E-state index contributed by atoms with van der Waals surface area (Å²) >= 11 is 7.35. The van der Waals surface area contributed by atoms with E-state index in [0.717, 1.165) is 35.5 Å². The van der Waals surface area contributed by atoms with Gasteiger partial charge in [-0.2, -0.15) is 0 Å². The van der Waals surface area contributed by atoms with Crippen molar-refractivity contribution in [2.45, 2.75) is 37.1 Å². The van der Waals surface area contributed by atoms with Crippen molar-refractivity contribution in [3.63, 3.8) is 0 Å². The van der Waals surface area contributed by atoms with E-state index in [1.54, 1.807) is 11.8 Å². The average Bonchev–Trinajstić information content (AvgIpc) is 2.92. The first-order valence-corrected chi connectivity index (χ1v) is 7.51. The first-order chi connectivity index (χ1) is 8.74. The average molecular weight is 289 g/mol. The second-order valence-electron chi connectivity index (χ2n) is 4.20. The monoisotopic (exact) mass is 288 g/mol. The van der Waals surface area contributed by atoms with Gasteiger partial charge in [-0.1, -0.05) is 11.8 Å². The van der Waals surface area contributed by atoms with Crippen molar-refractivity contribution < 1.29 is 4.74 Å². The first-order valence-electron chi connectivity index (χ1n) is 5.99. The van der Waals surface area contributed by atoms with Gasteiger partial charge in [0.1, 0.15) is 0 Å². The Bertz CT molecular complexity index is 423. The van der Waals surface area contributed by atoms with Crippen LogP contribution in [-0.2, 0) is 11.8 Å². The number of aromatic nitrogens is 3. The van der Waals surface area contributed by atoms with Gasteiger partial charge in [0.25, 0.3) is 0 Å². The van der Waals surface area contributed by atoms with Crippen molar-refractivity contribution in [2.75, 3.05) is 11.6 Å². The van der Waals surface area contributed by atoms with E-state index in [1.165, 1.54) is 6.40 Å². The fourth-order valence-electron chi connectivity index (χ4n) is 1.72. The van der Waals surface area contributed by atoms with Crippen LogP contribution in [-0.4, -0.2) is 38.8 Å². The molecule has 100 valence electrons. The van der Waals surface area contributed by atoms with Crippen molar-refractivity contribution >= 4 is 29.8 Å². The van der Waals surface area contributed by atoms with E-state index in [1.807, 2.05) is 18.5 Å². The number of hydrogen-bond donors (Lipinski definition) is 0. The van der Waals surface area contributed by atoms with Crippen LogP contribution >= 0.6 is 23.4 Å². The first kappa shape index (κ1) is 13.7. The molecule has 1 aromatic rings. The number of unbranched alkanes of at least 4 members (excludes halogenated alkanes) is 1. The molecule has 0 spiro atoms. The van der Waals surface area contributed by atoms with E-state index in [0.29, 0.717) is 0 Å². The minimum atomic E-state index is -0.111. The lowest BCUT2D eigenvalue weighted by Gasteiger charge is -2.12. The molecule has 2 rings (SSSR count). The van der Waals surface area contributed by atoms with Gasteiger partial charge in [0, 0.05) is 18.7 Å². The molecule has 7 heteroatoms. The number of thioether (sulfide) groups is 1. The van der Waals surface area contributed by atoms with Gasteiger partial charge in [0.2, 0.25) is 0 Å². The van der Waals surface area contributed by atoms with Gasteiger partial charge >= 0.3 is 0 Å². The quantitative estimate of drug-likeness (QED) is 0.458. The summed E-state index contributed by atoms with van der Waals surface area (Å²) in [6.45, 7) is 2.01. The molecule has 0 amide bonds. The molecule has 1 aliphatic rings. The third kappa shape index (κ3) is 2.98. The number of ether oxygens (including phenoxy) is 1. The summed E-state index contributed by atoms with van der Waals surface area (Å²) in [6.07, 6.45) is 3.52. The highest BCUT2D eigenvalue weighted by Crippen LogP contribution is 2.27. The number of nitrogens with zero attached hydrogens (tertiary/aromatic N) is 4. The van der Waals surface area contributed by atoms with Crippen molar-refractivity contribution in [1.82, 2.24) is 14.8 Å². The summed E-state index contributed by atoms with van der Waals surface area (Å²) in [5.74, 6) is 2.56. The standard InChI is InChI=1S/C11H17ClN4OS/c1-8-9(17-7-13-8)10-14-15-11(16(10)2)18-6-4-3-5-12/h7-9H,3-6H2,1-2H3. The van der Waals surface area contributed by atoms with Gasteiger partial charge in [-0.15, -0.1) is 21.8 Å². The fraction of sp³-hybridized carbons (Fsp3) is 0.727. The lowest BCUT2D eigenvalue weighted by molar-refractivity contribution is 0.194. The molecule has 0 radical (unpaired) electrons. The van der Waals surface area contributed by atoms with Crippen LogP contribution in [0.25, 0.3) is 0 Å². The Morgan fingerprint density at radius 1 is 1.44 bits per heavy atom. The Morgan fingerprint density at radius 3 is 2.94 bits per heavy atom. The molecule has 5 nitrogen and oxygen atoms in total. The van der Waals surface area contributed by atoms with Crippen molar-refractivity contribution in [1.29, 1.82) is 0 Å². The van der Waals surface area contributed by atoms with Crippen LogP contribution < -0.4 is 0 Å². The zero-order valence-corrected chi connectivity index (χ0v) is 12.1. The Kier molecular flexibility index (Phi) is 4.88. The number of aliphatic imine (C=N–C) groups is 1. The van der Waals surface area contributed by atoms with Crippen LogP contribution in [0, 0.1) is 0 Å². The summed E-state index contributed by atoms with van der Waals surface area (Å²) < 4.78 is 7.43. The van der Waals surface area contributed by atoms with E-state index < -0.39 is 0 Å². The highest BCUT2D eigenvalue weighted by molar-refractivity contribution is 7.99. The zero-order chi connectivity index (χ0) is 13.0. The maximum atomic E-state index is 5.65. The second kappa shape index (κ2) is 6.43. The SMILES string of the molecule is CC1N=COC1c1nnc(SCCCCCl)n1C. The number of hydrogen-bond acceptors (Lipinski definition) is 5. The predicted molar refractivity (Wildman–Crippen MR) is 73.5 cm³/mol. The van der Waals surface area contributed by atoms with Gasteiger partial charge < -0.3 is 9.30 Å². The summed E-state index contributed by atoms with van der Waals surface area (Å²) in [4.78, 5) is 4.18.